The first-order chi connectivity index (χ1) is 18.1. The van der Waals surface area contributed by atoms with Crippen molar-refractivity contribution in [3.05, 3.63) is 82.6 Å². The van der Waals surface area contributed by atoms with Gasteiger partial charge in [0.2, 0.25) is 0 Å². The highest BCUT2D eigenvalue weighted by molar-refractivity contribution is 6.07. The maximum absolute atomic E-state index is 13.6. The van der Waals surface area contributed by atoms with Crippen LogP contribution in [0.15, 0.2) is 70.9 Å². The van der Waals surface area contributed by atoms with E-state index < -0.39 is 41.6 Å². The summed E-state index contributed by atoms with van der Waals surface area (Å²) in [4.78, 5) is 41.8. The number of alkyl halides is 3. The maximum Gasteiger partial charge on any atom is 0.416 e. The van der Waals surface area contributed by atoms with Crippen LogP contribution >= 0.6 is 0 Å². The van der Waals surface area contributed by atoms with Crippen molar-refractivity contribution < 1.29 is 41.8 Å². The van der Waals surface area contributed by atoms with Crippen LogP contribution in [0.2, 0.25) is 0 Å². The molecule has 2 aromatic carbocycles. The molecule has 1 aliphatic rings. The van der Waals surface area contributed by atoms with E-state index in [1.54, 1.807) is 38.1 Å². The second kappa shape index (κ2) is 12.5. The van der Waals surface area contributed by atoms with Crippen molar-refractivity contribution in [1.29, 1.82) is 0 Å². The third-order valence-electron chi connectivity index (χ3n) is 6.27. The summed E-state index contributed by atoms with van der Waals surface area (Å²) in [6.45, 7) is 3.47. The first kappa shape index (κ1) is 28.6. The summed E-state index contributed by atoms with van der Waals surface area (Å²) in [6, 6.07) is 13.4. The van der Waals surface area contributed by atoms with Gasteiger partial charge in [0.1, 0.15) is 12.0 Å². The van der Waals surface area contributed by atoms with Gasteiger partial charge in [-0.3, -0.25) is 14.6 Å². The zero-order valence-corrected chi connectivity index (χ0v) is 21.2. The molecule has 202 valence electrons. The molecule has 0 saturated carbocycles. The number of ether oxygens (including phenoxy) is 3. The topological polar surface area (TPSA) is 91.3 Å². The van der Waals surface area contributed by atoms with Crippen LogP contribution in [0, 0.1) is 5.92 Å². The molecule has 7 nitrogen and oxygen atoms in total. The van der Waals surface area contributed by atoms with E-state index in [-0.39, 0.29) is 42.0 Å². The molecular weight excluding hydrogens is 503 g/mol. The predicted molar refractivity (Wildman–Crippen MR) is 132 cm³/mol. The fraction of sp³-hybridized carbons (Fsp3) is 0.357. The number of carbonyl (C=O) groups excluding carboxylic acids is 3. The zero-order valence-electron chi connectivity index (χ0n) is 21.2. The standard InChI is InChI=1S/C28H28F3NO6/c1-4-37-27(35)25-21(13-14-22(38-16-33)18-9-6-5-7-10-18)32-17(2)23(26(34)36-3)24(25)19-11-8-12-20(15-19)28(29,30)31/h5-12,15-16,22-24H,4,13-14H2,1-3H3. The van der Waals surface area contributed by atoms with Crippen molar-refractivity contribution >= 4 is 24.1 Å². The Kier molecular flexibility index (Phi) is 9.44. The summed E-state index contributed by atoms with van der Waals surface area (Å²) in [5.41, 5.74) is 0.357. The Morgan fingerprint density at radius 1 is 1.11 bits per heavy atom. The highest BCUT2D eigenvalue weighted by Gasteiger charge is 2.43. The molecule has 3 atom stereocenters. The summed E-state index contributed by atoms with van der Waals surface area (Å²) >= 11 is 0. The van der Waals surface area contributed by atoms with Gasteiger partial charge in [0, 0.05) is 11.6 Å². The Hall–Kier alpha value is -3.95. The third kappa shape index (κ3) is 6.48. The van der Waals surface area contributed by atoms with Crippen molar-refractivity contribution in [1.82, 2.24) is 0 Å². The molecule has 0 bridgehead atoms. The zero-order chi connectivity index (χ0) is 27.9. The Labute approximate surface area is 218 Å². The summed E-state index contributed by atoms with van der Waals surface area (Å²) in [5.74, 6) is -3.84. The van der Waals surface area contributed by atoms with E-state index in [4.69, 9.17) is 14.2 Å². The molecule has 2 aromatic rings. The first-order valence-corrected chi connectivity index (χ1v) is 12.0. The van der Waals surface area contributed by atoms with Gasteiger partial charge in [-0.25, -0.2) is 4.79 Å². The van der Waals surface area contributed by atoms with E-state index in [0.717, 1.165) is 24.8 Å². The summed E-state index contributed by atoms with van der Waals surface area (Å²) in [5, 5.41) is 0. The highest BCUT2D eigenvalue weighted by atomic mass is 19.4. The minimum absolute atomic E-state index is 0.00257. The first-order valence-electron chi connectivity index (χ1n) is 12.0. The fourth-order valence-electron chi connectivity index (χ4n) is 4.59. The molecule has 0 N–H and O–H groups in total. The van der Waals surface area contributed by atoms with Gasteiger partial charge in [-0.1, -0.05) is 48.5 Å². The largest absolute Gasteiger partial charge is 0.468 e. The minimum atomic E-state index is -4.64. The van der Waals surface area contributed by atoms with Crippen LogP contribution in [0.25, 0.3) is 0 Å². The van der Waals surface area contributed by atoms with E-state index in [0.29, 0.717) is 6.47 Å². The molecule has 0 amide bonds. The lowest BCUT2D eigenvalue weighted by atomic mass is 9.74. The van der Waals surface area contributed by atoms with Gasteiger partial charge in [0.25, 0.3) is 6.47 Å². The number of benzene rings is 2. The lowest BCUT2D eigenvalue weighted by molar-refractivity contribution is -0.144. The average Bonchev–Trinajstić information content (AvgIpc) is 2.90. The second-order valence-corrected chi connectivity index (χ2v) is 8.61. The molecule has 38 heavy (non-hydrogen) atoms. The Bertz CT molecular complexity index is 1220. The number of halogens is 3. The number of aliphatic imine (C=N–C) groups is 1. The molecule has 3 unspecified atom stereocenters. The van der Waals surface area contributed by atoms with Gasteiger partial charge in [-0.2, -0.15) is 13.2 Å². The van der Waals surface area contributed by atoms with Crippen LogP contribution in [0.4, 0.5) is 13.2 Å². The minimum Gasteiger partial charge on any atom is -0.468 e. The second-order valence-electron chi connectivity index (χ2n) is 8.61. The number of carbonyl (C=O) groups is 3. The van der Waals surface area contributed by atoms with Crippen molar-refractivity contribution in [2.75, 3.05) is 13.7 Å². The summed E-state index contributed by atoms with van der Waals surface area (Å²) < 4.78 is 56.2. The molecule has 0 radical (unpaired) electrons. The van der Waals surface area contributed by atoms with Crippen LogP contribution < -0.4 is 0 Å². The van der Waals surface area contributed by atoms with Crippen LogP contribution in [0.1, 0.15) is 55.4 Å². The number of allylic oxidation sites excluding steroid dienone is 1. The quantitative estimate of drug-likeness (QED) is 0.226. The smallest absolute Gasteiger partial charge is 0.416 e. The molecule has 1 aliphatic heterocycles. The number of esters is 2. The number of hydrogen-bond donors (Lipinski definition) is 0. The molecular formula is C28H28F3NO6. The molecule has 0 saturated heterocycles. The molecule has 0 fully saturated rings. The van der Waals surface area contributed by atoms with Crippen LogP contribution in [0.5, 0.6) is 0 Å². The van der Waals surface area contributed by atoms with E-state index in [9.17, 15) is 27.6 Å². The van der Waals surface area contributed by atoms with Crippen molar-refractivity contribution in [2.24, 2.45) is 10.9 Å². The average molecular weight is 532 g/mol. The fourth-order valence-corrected chi connectivity index (χ4v) is 4.59. The van der Waals surface area contributed by atoms with Crippen LogP contribution in [-0.2, 0) is 34.8 Å². The lowest BCUT2D eigenvalue weighted by Gasteiger charge is -2.32. The van der Waals surface area contributed by atoms with Gasteiger partial charge < -0.3 is 14.2 Å². The predicted octanol–water partition coefficient (Wildman–Crippen LogP) is 5.56. The van der Waals surface area contributed by atoms with E-state index in [1.165, 1.54) is 12.1 Å². The SMILES string of the molecule is CCOC(=O)C1=C(CCC(OC=O)c2ccccc2)N=C(C)C(C(=O)OC)C1c1cccc(C(F)(F)F)c1. The van der Waals surface area contributed by atoms with Gasteiger partial charge in [-0.15, -0.1) is 0 Å². The molecule has 0 aliphatic carbocycles. The van der Waals surface area contributed by atoms with Gasteiger partial charge >= 0.3 is 18.1 Å². The van der Waals surface area contributed by atoms with E-state index >= 15 is 0 Å². The van der Waals surface area contributed by atoms with Crippen LogP contribution in [0.3, 0.4) is 0 Å². The van der Waals surface area contributed by atoms with Gasteiger partial charge in [0.05, 0.1) is 30.6 Å². The molecule has 0 aromatic heterocycles. The van der Waals surface area contributed by atoms with Crippen molar-refractivity contribution in [2.45, 2.75) is 44.9 Å². The normalized spacial score (nSPS) is 18.3. The van der Waals surface area contributed by atoms with Gasteiger partial charge in [0.15, 0.2) is 0 Å². The van der Waals surface area contributed by atoms with Crippen LogP contribution in [-0.4, -0.2) is 37.8 Å². The van der Waals surface area contributed by atoms with E-state index in [1.807, 2.05) is 6.07 Å². The third-order valence-corrected chi connectivity index (χ3v) is 6.27. The van der Waals surface area contributed by atoms with Crippen molar-refractivity contribution in [3.8, 4) is 0 Å². The Morgan fingerprint density at radius 2 is 1.82 bits per heavy atom. The van der Waals surface area contributed by atoms with E-state index in [2.05, 4.69) is 4.99 Å². The lowest BCUT2D eigenvalue weighted by Crippen LogP contribution is -2.36. The summed E-state index contributed by atoms with van der Waals surface area (Å²) in [7, 11) is 1.16. The molecule has 10 heteroatoms. The maximum atomic E-state index is 13.6. The summed E-state index contributed by atoms with van der Waals surface area (Å²) in [6.07, 6.45) is -4.97. The monoisotopic (exact) mass is 531 g/mol. The molecule has 1 heterocycles. The number of rotatable bonds is 10. The molecule has 0 spiro atoms. The Morgan fingerprint density at radius 3 is 2.42 bits per heavy atom. The Balaban J connectivity index is 2.15. The van der Waals surface area contributed by atoms with Crippen molar-refractivity contribution in [3.63, 3.8) is 0 Å². The number of hydrogen-bond acceptors (Lipinski definition) is 7. The van der Waals surface area contributed by atoms with Gasteiger partial charge in [-0.05, 0) is 43.9 Å². The number of methoxy groups -OCH3 is 1. The molecule has 3 rings (SSSR count). The number of nitrogens with zero attached hydrogens (tertiary/aromatic N) is 1. The highest BCUT2D eigenvalue weighted by Crippen LogP contribution is 2.43.